The Kier molecular flexibility index (Phi) is 7.13. The number of carbonyl (C=O) groups excluding carboxylic acids is 3. The van der Waals surface area contributed by atoms with Crippen molar-refractivity contribution in [2.45, 2.75) is 44.6 Å². The topological polar surface area (TPSA) is 88.6 Å². The zero-order valence-corrected chi connectivity index (χ0v) is 21.1. The predicted molar refractivity (Wildman–Crippen MR) is 137 cm³/mol. The number of rotatable bonds is 7. The molecule has 1 fully saturated rings. The lowest BCUT2D eigenvalue weighted by atomic mass is 9.89. The minimum Gasteiger partial charge on any atom is -0.453 e. The van der Waals surface area contributed by atoms with Crippen LogP contribution >= 0.6 is 11.3 Å². The molecule has 1 unspecified atom stereocenters. The van der Waals surface area contributed by atoms with E-state index in [1.54, 1.807) is 23.5 Å². The summed E-state index contributed by atoms with van der Waals surface area (Å²) in [6.45, 7) is 3.68. The molecule has 2 aromatic heterocycles. The average molecular weight is 504 g/mol. The number of aromatic nitrogens is 1. The number of hydrogen-bond acceptors (Lipinski definition) is 6. The van der Waals surface area contributed by atoms with E-state index in [4.69, 9.17) is 9.72 Å². The normalized spacial score (nSPS) is 17.5. The highest BCUT2D eigenvalue weighted by Gasteiger charge is 2.34. The number of carbonyl (C=O) groups is 3. The van der Waals surface area contributed by atoms with Gasteiger partial charge in [-0.1, -0.05) is 24.3 Å². The molecule has 8 heteroatoms. The van der Waals surface area contributed by atoms with Crippen LogP contribution < -0.4 is 5.32 Å². The predicted octanol–water partition coefficient (Wildman–Crippen LogP) is 4.43. The van der Waals surface area contributed by atoms with E-state index in [-0.39, 0.29) is 30.1 Å². The Labute approximate surface area is 214 Å². The van der Waals surface area contributed by atoms with Crippen LogP contribution in [0, 0.1) is 6.92 Å². The van der Waals surface area contributed by atoms with Crippen LogP contribution in [-0.2, 0) is 16.0 Å². The Morgan fingerprint density at radius 2 is 1.92 bits per heavy atom. The van der Waals surface area contributed by atoms with Crippen molar-refractivity contribution < 1.29 is 19.1 Å². The smallest absolute Gasteiger partial charge is 0.339 e. The molecule has 0 spiro atoms. The van der Waals surface area contributed by atoms with Crippen molar-refractivity contribution >= 4 is 29.1 Å². The number of hydrogen-bond donors (Lipinski definition) is 1. The van der Waals surface area contributed by atoms with Crippen LogP contribution in [0.5, 0.6) is 0 Å². The number of amides is 2. The molecule has 186 valence electrons. The number of fused-ring (bicyclic) bond motifs is 1. The maximum atomic E-state index is 13.0. The summed E-state index contributed by atoms with van der Waals surface area (Å²) in [6.07, 6.45) is 1.90. The standard InChI is InChI=1S/C28H29N3O4S/c1-18-8-9-23(27(33)29-13-10-20-5-4-16-36-20)26(30-18)19-11-14-31(15-12-19)25(32)17-24-21-6-2-3-7-22(21)28(34)35-24/h2-9,16,19,24H,10-15,17H2,1H3,(H,29,33). The van der Waals surface area contributed by atoms with Crippen molar-refractivity contribution in [1.29, 1.82) is 0 Å². The summed E-state index contributed by atoms with van der Waals surface area (Å²) in [5, 5.41) is 5.07. The van der Waals surface area contributed by atoms with Crippen molar-refractivity contribution in [2.24, 2.45) is 0 Å². The number of piperidine rings is 1. The fraction of sp³-hybridized carbons (Fsp3) is 0.357. The van der Waals surface area contributed by atoms with Crippen LogP contribution in [-0.4, -0.2) is 47.3 Å². The molecule has 1 saturated heterocycles. The summed E-state index contributed by atoms with van der Waals surface area (Å²) < 4.78 is 5.45. The van der Waals surface area contributed by atoms with E-state index in [2.05, 4.69) is 11.4 Å². The van der Waals surface area contributed by atoms with Crippen LogP contribution in [0.25, 0.3) is 0 Å². The second-order valence-corrected chi connectivity index (χ2v) is 10.3. The van der Waals surface area contributed by atoms with Gasteiger partial charge in [0.2, 0.25) is 5.91 Å². The number of ether oxygens (including phenoxy) is 1. The summed E-state index contributed by atoms with van der Waals surface area (Å²) in [6, 6.07) is 15.1. The van der Waals surface area contributed by atoms with Gasteiger partial charge in [0.05, 0.1) is 23.2 Å². The summed E-state index contributed by atoms with van der Waals surface area (Å²) in [4.78, 5) is 45.9. The fourth-order valence-corrected chi connectivity index (χ4v) is 5.70. The zero-order chi connectivity index (χ0) is 25.1. The fourth-order valence-electron chi connectivity index (χ4n) is 4.99. The lowest BCUT2D eigenvalue weighted by molar-refractivity contribution is -0.134. The molecular formula is C28H29N3O4S. The highest BCUT2D eigenvalue weighted by molar-refractivity contribution is 7.09. The second-order valence-electron chi connectivity index (χ2n) is 9.31. The number of likely N-dealkylation sites (tertiary alicyclic amines) is 1. The van der Waals surface area contributed by atoms with Gasteiger partial charge >= 0.3 is 5.97 Å². The minimum absolute atomic E-state index is 0.0216. The number of aryl methyl sites for hydroxylation is 1. The van der Waals surface area contributed by atoms with Gasteiger partial charge in [-0.25, -0.2) is 4.79 Å². The molecular weight excluding hydrogens is 474 g/mol. The Hall–Kier alpha value is -3.52. The number of pyridine rings is 1. The Balaban J connectivity index is 1.19. The number of cyclic esters (lactones) is 1. The van der Waals surface area contributed by atoms with Crippen LogP contribution in [0.3, 0.4) is 0 Å². The highest BCUT2D eigenvalue weighted by atomic mass is 32.1. The Bertz CT molecular complexity index is 1270. The first-order chi connectivity index (χ1) is 17.5. The van der Waals surface area contributed by atoms with Gasteiger partial charge in [-0.15, -0.1) is 11.3 Å². The van der Waals surface area contributed by atoms with E-state index >= 15 is 0 Å². The van der Waals surface area contributed by atoms with E-state index in [0.29, 0.717) is 30.8 Å². The highest BCUT2D eigenvalue weighted by Crippen LogP contribution is 2.35. The quantitative estimate of drug-likeness (QED) is 0.482. The number of esters is 1. The van der Waals surface area contributed by atoms with Crippen LogP contribution in [0.15, 0.2) is 53.9 Å². The maximum Gasteiger partial charge on any atom is 0.339 e. The van der Waals surface area contributed by atoms with Crippen molar-refractivity contribution in [3.05, 3.63) is 86.9 Å². The minimum atomic E-state index is -0.526. The molecule has 1 aromatic carbocycles. The maximum absolute atomic E-state index is 13.0. The second kappa shape index (κ2) is 10.6. The Morgan fingerprint density at radius 3 is 2.69 bits per heavy atom. The first-order valence-electron chi connectivity index (χ1n) is 12.4. The van der Waals surface area contributed by atoms with Gasteiger partial charge in [-0.05, 0) is 55.8 Å². The summed E-state index contributed by atoms with van der Waals surface area (Å²) in [7, 11) is 0. The first-order valence-corrected chi connectivity index (χ1v) is 13.2. The van der Waals surface area contributed by atoms with Crippen molar-refractivity contribution in [3.8, 4) is 0 Å². The summed E-state index contributed by atoms with van der Waals surface area (Å²) in [5.74, 6) is -0.383. The van der Waals surface area contributed by atoms with E-state index in [1.165, 1.54) is 4.88 Å². The van der Waals surface area contributed by atoms with E-state index in [9.17, 15) is 14.4 Å². The number of benzene rings is 1. The molecule has 36 heavy (non-hydrogen) atoms. The van der Waals surface area contributed by atoms with Crippen LogP contribution in [0.1, 0.15) is 73.8 Å². The number of thiophene rings is 1. The number of nitrogens with one attached hydrogen (secondary N) is 1. The van der Waals surface area contributed by atoms with Gasteiger partial charge < -0.3 is 15.0 Å². The lowest BCUT2D eigenvalue weighted by Crippen LogP contribution is -2.39. The van der Waals surface area contributed by atoms with Gasteiger partial charge in [-0.3, -0.25) is 14.6 Å². The molecule has 2 amide bonds. The molecule has 4 heterocycles. The van der Waals surface area contributed by atoms with Crippen molar-refractivity contribution in [1.82, 2.24) is 15.2 Å². The first kappa shape index (κ1) is 24.2. The molecule has 0 bridgehead atoms. The number of nitrogens with zero attached hydrogens (tertiary/aromatic N) is 2. The third-order valence-electron chi connectivity index (χ3n) is 6.92. The van der Waals surface area contributed by atoms with Crippen LogP contribution in [0.4, 0.5) is 0 Å². The summed E-state index contributed by atoms with van der Waals surface area (Å²) >= 11 is 1.69. The van der Waals surface area contributed by atoms with Gasteiger partial charge in [-0.2, -0.15) is 0 Å². The van der Waals surface area contributed by atoms with Crippen molar-refractivity contribution in [3.63, 3.8) is 0 Å². The van der Waals surface area contributed by atoms with E-state index in [0.717, 1.165) is 36.2 Å². The molecule has 0 radical (unpaired) electrons. The van der Waals surface area contributed by atoms with Gasteiger partial charge in [0.15, 0.2) is 0 Å². The lowest BCUT2D eigenvalue weighted by Gasteiger charge is -2.33. The molecule has 1 atom stereocenters. The molecule has 2 aliphatic heterocycles. The molecule has 5 rings (SSSR count). The monoisotopic (exact) mass is 503 g/mol. The van der Waals surface area contributed by atoms with E-state index in [1.807, 2.05) is 47.5 Å². The third kappa shape index (κ3) is 5.18. The molecule has 3 aromatic rings. The van der Waals surface area contributed by atoms with Crippen molar-refractivity contribution in [2.75, 3.05) is 19.6 Å². The van der Waals surface area contributed by atoms with Crippen LogP contribution in [0.2, 0.25) is 0 Å². The zero-order valence-electron chi connectivity index (χ0n) is 20.2. The van der Waals surface area contributed by atoms with E-state index < -0.39 is 6.10 Å². The average Bonchev–Trinajstić information content (AvgIpc) is 3.52. The molecule has 0 aliphatic carbocycles. The Morgan fingerprint density at radius 1 is 1.11 bits per heavy atom. The van der Waals surface area contributed by atoms with Gasteiger partial charge in [0.25, 0.3) is 5.91 Å². The SMILES string of the molecule is Cc1ccc(C(=O)NCCc2cccs2)c(C2CCN(C(=O)CC3OC(=O)c4ccccc43)CC2)n1. The largest absolute Gasteiger partial charge is 0.453 e. The molecule has 2 aliphatic rings. The van der Waals surface area contributed by atoms with Gasteiger partial charge in [0.1, 0.15) is 6.10 Å². The van der Waals surface area contributed by atoms with Gasteiger partial charge in [0, 0.05) is 41.7 Å². The molecule has 0 saturated carbocycles. The summed E-state index contributed by atoms with van der Waals surface area (Å²) in [5.41, 5.74) is 3.63. The molecule has 7 nitrogen and oxygen atoms in total. The molecule has 1 N–H and O–H groups in total. The third-order valence-corrected chi connectivity index (χ3v) is 7.85.